The molecule has 1 saturated heterocycles. The van der Waals surface area contributed by atoms with E-state index in [-0.39, 0.29) is 28.7 Å². The van der Waals surface area contributed by atoms with Gasteiger partial charge < -0.3 is 4.90 Å². The normalized spacial score (nSPS) is 24.6. The molecule has 5 heteroatoms. The second-order valence-corrected chi connectivity index (χ2v) is 9.72. The molecule has 2 aliphatic rings. The molecule has 1 aromatic carbocycles. The molecule has 0 bridgehead atoms. The highest BCUT2D eigenvalue weighted by atomic mass is 32.2. The predicted molar refractivity (Wildman–Crippen MR) is 92.4 cm³/mol. The van der Waals surface area contributed by atoms with Gasteiger partial charge >= 0.3 is 0 Å². The fourth-order valence-electron chi connectivity index (χ4n) is 3.65. The van der Waals surface area contributed by atoms with E-state index in [0.717, 1.165) is 12.1 Å². The smallest absolute Gasteiger partial charge is 0.230 e. The van der Waals surface area contributed by atoms with Gasteiger partial charge in [0.2, 0.25) is 5.91 Å². The van der Waals surface area contributed by atoms with Gasteiger partial charge in [-0.15, -0.1) is 0 Å². The van der Waals surface area contributed by atoms with Crippen molar-refractivity contribution < 1.29 is 13.2 Å². The van der Waals surface area contributed by atoms with Crippen molar-refractivity contribution in [3.8, 4) is 0 Å². The maximum atomic E-state index is 12.8. The first-order valence-corrected chi connectivity index (χ1v) is 10.1. The van der Waals surface area contributed by atoms with Gasteiger partial charge in [0, 0.05) is 18.7 Å². The van der Waals surface area contributed by atoms with Crippen molar-refractivity contribution in [1.82, 2.24) is 0 Å². The van der Waals surface area contributed by atoms with Crippen LogP contribution in [0.1, 0.15) is 44.6 Å². The first kappa shape index (κ1) is 16.5. The minimum absolute atomic E-state index is 0.00861. The quantitative estimate of drug-likeness (QED) is 0.853. The second kappa shape index (κ2) is 5.62. The molecule has 3 rings (SSSR count). The maximum Gasteiger partial charge on any atom is 0.230 e. The second-order valence-electron chi connectivity index (χ2n) is 7.42. The first-order chi connectivity index (χ1) is 10.7. The van der Waals surface area contributed by atoms with Crippen LogP contribution in [0.4, 0.5) is 5.69 Å². The minimum atomic E-state index is -2.88. The van der Waals surface area contributed by atoms with Crippen LogP contribution < -0.4 is 4.90 Å². The van der Waals surface area contributed by atoms with Gasteiger partial charge in [-0.25, -0.2) is 8.42 Å². The third-order valence-corrected chi connectivity index (χ3v) is 7.22. The zero-order valence-corrected chi connectivity index (χ0v) is 14.9. The van der Waals surface area contributed by atoms with Gasteiger partial charge in [-0.3, -0.25) is 4.79 Å². The molecule has 0 aromatic heterocycles. The zero-order chi connectivity index (χ0) is 16.8. The molecule has 1 aliphatic heterocycles. The number of benzene rings is 1. The van der Waals surface area contributed by atoms with Crippen LogP contribution in [0.5, 0.6) is 0 Å². The number of hydrogen-bond acceptors (Lipinski definition) is 3. The van der Waals surface area contributed by atoms with Crippen molar-refractivity contribution in [2.45, 2.75) is 39.0 Å². The van der Waals surface area contributed by atoms with Gasteiger partial charge in [-0.2, -0.15) is 0 Å². The third-order valence-electron chi connectivity index (χ3n) is 5.56. The van der Waals surface area contributed by atoms with Gasteiger partial charge in [0.25, 0.3) is 0 Å². The number of nitrogens with zero attached hydrogens (tertiary/aromatic N) is 1. The molecule has 1 heterocycles. The fraction of sp³-hybridized carbons (Fsp3) is 0.611. The molecule has 1 spiro atoms. The maximum absolute atomic E-state index is 12.8. The third kappa shape index (κ3) is 3.16. The average Bonchev–Trinajstić information content (AvgIpc) is 3.24. The summed E-state index contributed by atoms with van der Waals surface area (Å²) in [6.45, 7) is 4.28. The summed E-state index contributed by atoms with van der Waals surface area (Å²) < 4.78 is 23.2. The highest BCUT2D eigenvalue weighted by molar-refractivity contribution is 7.91. The minimum Gasteiger partial charge on any atom is -0.315 e. The highest BCUT2D eigenvalue weighted by Crippen LogP contribution is 2.60. The van der Waals surface area contributed by atoms with Crippen molar-refractivity contribution in [3.05, 3.63) is 29.8 Å². The van der Waals surface area contributed by atoms with E-state index < -0.39 is 9.84 Å². The predicted octanol–water partition coefficient (Wildman–Crippen LogP) is 2.99. The number of hydrogen-bond donors (Lipinski definition) is 0. The SMILES string of the molecule is CC(C)c1cccc(N(C)C(=O)[C@@H]2CC23CCS(=O)(=O)CC3)c1. The molecule has 0 radical (unpaired) electrons. The van der Waals surface area contributed by atoms with Crippen molar-refractivity contribution >= 4 is 21.4 Å². The van der Waals surface area contributed by atoms with Crippen LogP contribution in [-0.2, 0) is 14.6 Å². The van der Waals surface area contributed by atoms with Gasteiger partial charge in [-0.1, -0.05) is 26.0 Å². The van der Waals surface area contributed by atoms with Crippen molar-refractivity contribution in [2.75, 3.05) is 23.5 Å². The van der Waals surface area contributed by atoms with E-state index in [9.17, 15) is 13.2 Å². The summed E-state index contributed by atoms with van der Waals surface area (Å²) in [6, 6.07) is 8.11. The lowest BCUT2D eigenvalue weighted by Gasteiger charge is -2.25. The highest BCUT2D eigenvalue weighted by Gasteiger charge is 2.60. The molecular weight excluding hydrogens is 310 g/mol. The molecule has 2 fully saturated rings. The van der Waals surface area contributed by atoms with E-state index in [2.05, 4.69) is 26.0 Å². The van der Waals surface area contributed by atoms with E-state index in [4.69, 9.17) is 0 Å². The Labute approximate surface area is 138 Å². The van der Waals surface area contributed by atoms with Crippen LogP contribution in [0.25, 0.3) is 0 Å². The van der Waals surface area contributed by atoms with Crippen LogP contribution in [0.15, 0.2) is 24.3 Å². The summed E-state index contributed by atoms with van der Waals surface area (Å²) in [5, 5.41) is 0. The summed E-state index contributed by atoms with van der Waals surface area (Å²) >= 11 is 0. The Bertz CT molecular complexity index is 710. The number of carbonyl (C=O) groups is 1. The molecular formula is C18H25NO3S. The lowest BCUT2D eigenvalue weighted by Crippen LogP contribution is -2.33. The van der Waals surface area contributed by atoms with E-state index in [1.807, 2.05) is 19.2 Å². The van der Waals surface area contributed by atoms with Gasteiger partial charge in [-0.05, 0) is 48.3 Å². The largest absolute Gasteiger partial charge is 0.315 e. The van der Waals surface area contributed by atoms with Crippen molar-refractivity contribution in [1.29, 1.82) is 0 Å². The number of amides is 1. The Balaban J connectivity index is 1.71. The summed E-state index contributed by atoms with van der Waals surface area (Å²) in [7, 11) is -1.05. The van der Waals surface area contributed by atoms with Crippen LogP contribution >= 0.6 is 0 Å². The first-order valence-electron chi connectivity index (χ1n) is 8.32. The van der Waals surface area contributed by atoms with Gasteiger partial charge in [0.1, 0.15) is 9.84 Å². The van der Waals surface area contributed by atoms with Gasteiger partial charge in [0.15, 0.2) is 0 Å². The Morgan fingerprint density at radius 1 is 1.26 bits per heavy atom. The molecule has 1 atom stereocenters. The van der Waals surface area contributed by atoms with E-state index >= 15 is 0 Å². The van der Waals surface area contributed by atoms with Crippen LogP contribution in [0, 0.1) is 11.3 Å². The molecule has 4 nitrogen and oxygen atoms in total. The molecule has 1 aromatic rings. The summed E-state index contributed by atoms with van der Waals surface area (Å²) in [6.07, 6.45) is 2.13. The lowest BCUT2D eigenvalue weighted by atomic mass is 9.95. The average molecular weight is 335 g/mol. The number of anilines is 1. The van der Waals surface area contributed by atoms with E-state index in [0.29, 0.717) is 18.8 Å². The Morgan fingerprint density at radius 3 is 2.52 bits per heavy atom. The topological polar surface area (TPSA) is 54.5 Å². The monoisotopic (exact) mass is 335 g/mol. The molecule has 23 heavy (non-hydrogen) atoms. The molecule has 1 amide bonds. The number of sulfone groups is 1. The van der Waals surface area contributed by atoms with E-state index in [1.165, 1.54) is 5.56 Å². The van der Waals surface area contributed by atoms with Crippen molar-refractivity contribution in [3.63, 3.8) is 0 Å². The summed E-state index contributed by atoms with van der Waals surface area (Å²) in [5.41, 5.74) is 2.09. The summed E-state index contributed by atoms with van der Waals surface area (Å²) in [4.78, 5) is 14.5. The molecule has 0 N–H and O–H groups in total. The Hall–Kier alpha value is -1.36. The molecule has 1 aliphatic carbocycles. The fourth-order valence-corrected chi connectivity index (χ4v) is 5.29. The Kier molecular flexibility index (Phi) is 4.03. The summed E-state index contributed by atoms with van der Waals surface area (Å²) in [5.74, 6) is 1.03. The van der Waals surface area contributed by atoms with Crippen LogP contribution in [-0.4, -0.2) is 32.9 Å². The van der Waals surface area contributed by atoms with Gasteiger partial charge in [0.05, 0.1) is 11.5 Å². The zero-order valence-electron chi connectivity index (χ0n) is 14.1. The van der Waals surface area contributed by atoms with Crippen LogP contribution in [0.2, 0.25) is 0 Å². The number of rotatable bonds is 3. The lowest BCUT2D eigenvalue weighted by molar-refractivity contribution is -0.120. The van der Waals surface area contributed by atoms with Crippen LogP contribution in [0.3, 0.4) is 0 Å². The Morgan fingerprint density at radius 2 is 1.91 bits per heavy atom. The van der Waals surface area contributed by atoms with Crippen molar-refractivity contribution in [2.24, 2.45) is 11.3 Å². The standard InChI is InChI=1S/C18H25NO3S/c1-13(2)14-5-4-6-15(11-14)19(3)17(20)16-12-18(16)7-9-23(21,22)10-8-18/h4-6,11,13,16H,7-10,12H2,1-3H3/t16-/m0/s1. The molecule has 1 saturated carbocycles. The van der Waals surface area contributed by atoms with E-state index in [1.54, 1.807) is 4.90 Å². The molecule has 126 valence electrons. The molecule has 0 unspecified atom stereocenters. The number of carbonyl (C=O) groups excluding carboxylic acids is 1.